The minimum absolute atomic E-state index is 0.274. The molecular formula is C25H30FN3O. The Morgan fingerprint density at radius 1 is 1.23 bits per heavy atom. The van der Waals surface area contributed by atoms with Crippen molar-refractivity contribution in [3.63, 3.8) is 0 Å². The molecule has 0 bridgehead atoms. The van der Waals surface area contributed by atoms with E-state index in [1.54, 1.807) is 25.3 Å². The molecule has 2 aromatic carbocycles. The van der Waals surface area contributed by atoms with Gasteiger partial charge in [-0.05, 0) is 60.4 Å². The second-order valence-electron chi connectivity index (χ2n) is 8.32. The maximum Gasteiger partial charge on any atom is 0.123 e. The van der Waals surface area contributed by atoms with Crippen LogP contribution in [0.3, 0.4) is 0 Å². The predicted molar refractivity (Wildman–Crippen MR) is 124 cm³/mol. The van der Waals surface area contributed by atoms with Gasteiger partial charge in [0.25, 0.3) is 0 Å². The highest BCUT2D eigenvalue weighted by Gasteiger charge is 2.31. The van der Waals surface area contributed by atoms with Crippen molar-refractivity contribution in [2.75, 3.05) is 19.5 Å². The Morgan fingerprint density at radius 2 is 1.90 bits per heavy atom. The second kappa shape index (κ2) is 8.36. The zero-order chi connectivity index (χ0) is 22.1. The first-order chi connectivity index (χ1) is 14.2. The lowest BCUT2D eigenvalue weighted by Gasteiger charge is -2.28. The number of allylic oxidation sites excluding steroid dienone is 1. The van der Waals surface area contributed by atoms with Crippen molar-refractivity contribution in [1.29, 1.82) is 0 Å². The molecule has 0 aliphatic rings. The molecule has 1 heterocycles. The molecule has 3 rings (SSSR count). The van der Waals surface area contributed by atoms with Crippen LogP contribution in [0.1, 0.15) is 37.1 Å². The standard InChI is InChI=1S/C25H30FN3O/c1-6-17-13-23-21(14-22(17)28)20(12-7-16(2)27)24(25(3,4)15-30-5)29(23)19-10-8-18(26)9-11-19/h6,8-11,13-14H,1-2,7,12,15,27-28H2,3-5H3. The second-order valence-corrected chi connectivity index (χ2v) is 8.32. The fourth-order valence-corrected chi connectivity index (χ4v) is 4.14. The lowest BCUT2D eigenvalue weighted by atomic mass is 9.85. The molecule has 0 fully saturated rings. The van der Waals surface area contributed by atoms with E-state index < -0.39 is 0 Å². The minimum atomic E-state index is -0.323. The average molecular weight is 408 g/mol. The number of methoxy groups -OCH3 is 1. The highest BCUT2D eigenvalue weighted by molar-refractivity contribution is 5.93. The SMILES string of the molecule is C=Cc1cc2c(cc1N)c(CCC(=C)N)c(C(C)(C)COC)n2-c1ccc(F)cc1. The van der Waals surface area contributed by atoms with Gasteiger partial charge >= 0.3 is 0 Å². The van der Waals surface area contributed by atoms with Gasteiger partial charge in [-0.2, -0.15) is 0 Å². The molecule has 0 radical (unpaired) electrons. The van der Waals surface area contributed by atoms with Gasteiger partial charge in [0.2, 0.25) is 0 Å². The number of ether oxygens (including phenoxy) is 1. The van der Waals surface area contributed by atoms with Gasteiger partial charge in [0.1, 0.15) is 5.82 Å². The first kappa shape index (κ1) is 21.7. The molecule has 0 aliphatic heterocycles. The smallest absolute Gasteiger partial charge is 0.123 e. The van der Waals surface area contributed by atoms with Gasteiger partial charge in [-0.15, -0.1) is 0 Å². The van der Waals surface area contributed by atoms with Gasteiger partial charge in [-0.3, -0.25) is 0 Å². The van der Waals surface area contributed by atoms with Gasteiger partial charge in [-0.1, -0.05) is 33.1 Å². The van der Waals surface area contributed by atoms with Gasteiger partial charge in [0.15, 0.2) is 0 Å². The van der Waals surface area contributed by atoms with Crippen molar-refractivity contribution < 1.29 is 9.13 Å². The van der Waals surface area contributed by atoms with Gasteiger partial charge < -0.3 is 20.8 Å². The number of aromatic nitrogens is 1. The highest BCUT2D eigenvalue weighted by atomic mass is 19.1. The largest absolute Gasteiger partial charge is 0.403 e. The summed E-state index contributed by atoms with van der Waals surface area (Å²) in [5, 5.41) is 1.04. The van der Waals surface area contributed by atoms with Crippen LogP contribution < -0.4 is 11.5 Å². The van der Waals surface area contributed by atoms with E-state index in [1.165, 1.54) is 12.1 Å². The summed E-state index contributed by atoms with van der Waals surface area (Å²) in [5.74, 6) is -0.274. The van der Waals surface area contributed by atoms with Crippen molar-refractivity contribution >= 4 is 22.7 Å². The number of anilines is 1. The van der Waals surface area contributed by atoms with Gasteiger partial charge in [0, 0.05) is 40.7 Å². The third kappa shape index (κ3) is 3.98. The number of hydrogen-bond donors (Lipinski definition) is 2. The summed E-state index contributed by atoms with van der Waals surface area (Å²) in [6, 6.07) is 10.6. The summed E-state index contributed by atoms with van der Waals surface area (Å²) in [4.78, 5) is 0. The Bertz CT molecular complexity index is 1090. The monoisotopic (exact) mass is 407 g/mol. The molecule has 0 spiro atoms. The van der Waals surface area contributed by atoms with Crippen molar-refractivity contribution in [3.8, 4) is 5.69 Å². The lowest BCUT2D eigenvalue weighted by molar-refractivity contribution is 0.143. The quantitative estimate of drug-likeness (QED) is 0.496. The molecule has 30 heavy (non-hydrogen) atoms. The number of nitrogens with zero attached hydrogens (tertiary/aromatic N) is 1. The average Bonchev–Trinajstić information content (AvgIpc) is 3.00. The number of nitrogen functional groups attached to an aromatic ring is 1. The summed E-state index contributed by atoms with van der Waals surface area (Å²) >= 11 is 0. The number of benzene rings is 2. The van der Waals surface area contributed by atoms with Crippen molar-refractivity contribution in [3.05, 3.63) is 77.9 Å². The minimum Gasteiger partial charge on any atom is -0.403 e. The number of hydrogen-bond acceptors (Lipinski definition) is 3. The molecule has 0 aliphatic carbocycles. The molecule has 0 amide bonds. The van der Waals surface area contributed by atoms with Crippen LogP contribution in [-0.4, -0.2) is 18.3 Å². The Balaban J connectivity index is 2.45. The van der Waals surface area contributed by atoms with Gasteiger partial charge in [0.05, 0.1) is 12.1 Å². The summed E-state index contributed by atoms with van der Waals surface area (Å²) in [7, 11) is 1.70. The molecule has 0 unspecified atom stereocenters. The first-order valence-corrected chi connectivity index (χ1v) is 9.97. The third-order valence-electron chi connectivity index (χ3n) is 5.42. The first-order valence-electron chi connectivity index (χ1n) is 9.97. The number of nitrogens with two attached hydrogens (primary N) is 2. The van der Waals surface area contributed by atoms with Crippen molar-refractivity contribution in [2.24, 2.45) is 5.73 Å². The van der Waals surface area contributed by atoms with Crippen LogP contribution in [0.15, 0.2) is 55.3 Å². The highest BCUT2D eigenvalue weighted by Crippen LogP contribution is 2.40. The molecule has 0 atom stereocenters. The van der Waals surface area contributed by atoms with Crippen LogP contribution in [0, 0.1) is 5.82 Å². The third-order valence-corrected chi connectivity index (χ3v) is 5.42. The molecule has 4 nitrogen and oxygen atoms in total. The van der Waals surface area contributed by atoms with E-state index >= 15 is 0 Å². The molecule has 0 saturated carbocycles. The topological polar surface area (TPSA) is 66.2 Å². The van der Waals surface area contributed by atoms with E-state index in [-0.39, 0.29) is 11.2 Å². The van der Waals surface area contributed by atoms with Crippen LogP contribution >= 0.6 is 0 Å². The number of rotatable bonds is 8. The number of fused-ring (bicyclic) bond motifs is 1. The Hall–Kier alpha value is -3.05. The van der Waals surface area contributed by atoms with Crippen molar-refractivity contribution in [1.82, 2.24) is 4.57 Å². The molecule has 3 aromatic rings. The summed E-state index contributed by atoms with van der Waals surface area (Å²) < 4.78 is 21.4. The Morgan fingerprint density at radius 3 is 2.47 bits per heavy atom. The Labute approximate surface area is 177 Å². The molecular weight excluding hydrogens is 377 g/mol. The Kier molecular flexibility index (Phi) is 6.04. The maximum absolute atomic E-state index is 13.7. The number of halogens is 1. The van der Waals surface area contributed by atoms with E-state index in [0.29, 0.717) is 24.4 Å². The van der Waals surface area contributed by atoms with Crippen LogP contribution in [0.2, 0.25) is 0 Å². The zero-order valence-corrected chi connectivity index (χ0v) is 18.0. The van der Waals surface area contributed by atoms with Crippen LogP contribution in [0.5, 0.6) is 0 Å². The number of aryl methyl sites for hydroxylation is 1. The molecule has 5 heteroatoms. The molecule has 1 aromatic heterocycles. The zero-order valence-electron chi connectivity index (χ0n) is 18.0. The lowest BCUT2D eigenvalue weighted by Crippen LogP contribution is -2.28. The van der Waals surface area contributed by atoms with Crippen molar-refractivity contribution in [2.45, 2.75) is 32.1 Å². The summed E-state index contributed by atoms with van der Waals surface area (Å²) in [5.41, 5.74) is 18.1. The van der Waals surface area contributed by atoms with E-state index in [4.69, 9.17) is 16.2 Å². The maximum atomic E-state index is 13.7. The van der Waals surface area contributed by atoms with Crippen LogP contribution in [0.4, 0.5) is 10.1 Å². The van der Waals surface area contributed by atoms with E-state index in [9.17, 15) is 4.39 Å². The molecule has 4 N–H and O–H groups in total. The van der Waals surface area contributed by atoms with Crippen LogP contribution in [0.25, 0.3) is 22.7 Å². The molecule has 0 saturated heterocycles. The van der Waals surface area contributed by atoms with Crippen LogP contribution in [-0.2, 0) is 16.6 Å². The fraction of sp³-hybridized carbons (Fsp3) is 0.280. The van der Waals surface area contributed by atoms with E-state index in [1.807, 2.05) is 12.1 Å². The molecule has 158 valence electrons. The summed E-state index contributed by atoms with van der Waals surface area (Å²) in [6.07, 6.45) is 3.12. The fourth-order valence-electron chi connectivity index (χ4n) is 4.14. The van der Waals surface area contributed by atoms with E-state index in [0.717, 1.165) is 39.8 Å². The van der Waals surface area contributed by atoms with Gasteiger partial charge in [-0.25, -0.2) is 4.39 Å². The summed E-state index contributed by atoms with van der Waals surface area (Å²) in [6.45, 7) is 12.6. The normalized spacial score (nSPS) is 11.7. The predicted octanol–water partition coefficient (Wildman–Crippen LogP) is 5.32. The van der Waals surface area contributed by atoms with E-state index in [2.05, 4.69) is 31.6 Å².